The van der Waals surface area contributed by atoms with Gasteiger partial charge >= 0.3 is 0 Å². The molecule has 22 heavy (non-hydrogen) atoms. The highest BCUT2D eigenvalue weighted by atomic mass is 16.2. The maximum atomic E-state index is 12.2. The van der Waals surface area contributed by atoms with Crippen molar-refractivity contribution < 1.29 is 4.79 Å². The third-order valence-corrected chi connectivity index (χ3v) is 4.08. The zero-order valence-electron chi connectivity index (χ0n) is 12.0. The van der Waals surface area contributed by atoms with Crippen LogP contribution in [0.1, 0.15) is 17.9 Å². The van der Waals surface area contributed by atoms with E-state index in [2.05, 4.69) is 27.8 Å². The summed E-state index contributed by atoms with van der Waals surface area (Å²) in [6.07, 6.45) is 1.01. The van der Waals surface area contributed by atoms with Gasteiger partial charge in [0, 0.05) is 12.0 Å². The van der Waals surface area contributed by atoms with Crippen molar-refractivity contribution in [3.05, 3.63) is 60.2 Å². The van der Waals surface area contributed by atoms with Gasteiger partial charge in [-0.05, 0) is 24.1 Å². The lowest BCUT2D eigenvalue weighted by atomic mass is 10.1. The van der Waals surface area contributed by atoms with Crippen molar-refractivity contribution in [2.24, 2.45) is 0 Å². The Labute approximate surface area is 127 Å². The second-order valence-corrected chi connectivity index (χ2v) is 5.66. The average Bonchev–Trinajstić information content (AvgIpc) is 3.20. The number of fused-ring (bicyclic) bond motifs is 1. The molecule has 110 valence electrons. The fraction of sp³-hybridized carbons (Fsp3) is 0.235. The minimum Gasteiger partial charge on any atom is -0.351 e. The lowest BCUT2D eigenvalue weighted by molar-refractivity contribution is -0.121. The molecular weight excluding hydrogens is 276 g/mol. The number of para-hydroxylation sites is 1. The van der Waals surface area contributed by atoms with Gasteiger partial charge in [0.1, 0.15) is 12.1 Å². The van der Waals surface area contributed by atoms with Gasteiger partial charge < -0.3 is 5.32 Å². The van der Waals surface area contributed by atoms with Crippen molar-refractivity contribution in [1.29, 1.82) is 0 Å². The van der Waals surface area contributed by atoms with Crippen LogP contribution in [0, 0.1) is 0 Å². The number of rotatable bonds is 4. The zero-order valence-corrected chi connectivity index (χ0v) is 12.0. The van der Waals surface area contributed by atoms with Gasteiger partial charge in [0.15, 0.2) is 0 Å². The van der Waals surface area contributed by atoms with E-state index in [1.165, 1.54) is 5.56 Å². The highest BCUT2D eigenvalue weighted by Gasteiger charge is 2.39. The molecule has 3 aromatic rings. The van der Waals surface area contributed by atoms with Gasteiger partial charge in [0.05, 0.1) is 5.52 Å². The molecule has 0 spiro atoms. The van der Waals surface area contributed by atoms with Crippen LogP contribution >= 0.6 is 0 Å². The molecule has 1 heterocycles. The quantitative estimate of drug-likeness (QED) is 0.801. The Hall–Kier alpha value is -2.69. The number of amides is 1. The molecule has 0 saturated heterocycles. The molecule has 5 heteroatoms. The monoisotopic (exact) mass is 292 g/mol. The first kappa shape index (κ1) is 13.0. The van der Waals surface area contributed by atoms with E-state index in [0.717, 1.165) is 17.5 Å². The Kier molecular flexibility index (Phi) is 3.11. The average molecular weight is 292 g/mol. The van der Waals surface area contributed by atoms with Crippen LogP contribution in [0.2, 0.25) is 0 Å². The van der Waals surface area contributed by atoms with Gasteiger partial charge in [-0.3, -0.25) is 4.79 Å². The number of hydrogen-bond acceptors (Lipinski definition) is 3. The molecule has 1 aliphatic carbocycles. The summed E-state index contributed by atoms with van der Waals surface area (Å²) in [4.78, 5) is 12.2. The van der Waals surface area contributed by atoms with E-state index in [0.29, 0.717) is 5.92 Å². The predicted octanol–water partition coefficient (Wildman–Crippen LogP) is 2.10. The van der Waals surface area contributed by atoms with Crippen molar-refractivity contribution in [2.75, 3.05) is 0 Å². The Balaban J connectivity index is 1.40. The van der Waals surface area contributed by atoms with E-state index in [4.69, 9.17) is 0 Å². The highest BCUT2D eigenvalue weighted by Crippen LogP contribution is 2.40. The second-order valence-electron chi connectivity index (χ2n) is 5.66. The van der Waals surface area contributed by atoms with Crippen LogP contribution in [-0.4, -0.2) is 26.9 Å². The van der Waals surface area contributed by atoms with E-state index < -0.39 is 0 Å². The van der Waals surface area contributed by atoms with Gasteiger partial charge in [-0.2, -0.15) is 0 Å². The minimum atomic E-state index is -0.0147. The lowest BCUT2D eigenvalue weighted by Gasteiger charge is -2.05. The third-order valence-electron chi connectivity index (χ3n) is 4.08. The number of aromatic nitrogens is 3. The van der Waals surface area contributed by atoms with Crippen molar-refractivity contribution in [3.63, 3.8) is 0 Å². The zero-order chi connectivity index (χ0) is 14.9. The standard InChI is InChI=1S/C17H16N4O/c22-17(11-21-16-9-5-4-8-14(16)19-20-21)18-15-10-13(15)12-6-2-1-3-7-12/h1-9,13,15H,10-11H2,(H,18,22)/t13-,15-/m1/s1. The SMILES string of the molecule is O=C(Cn1nnc2ccccc21)N[C@@H]1C[C@@H]1c1ccccc1. The van der Waals surface area contributed by atoms with Crippen molar-refractivity contribution in [3.8, 4) is 0 Å². The number of carbonyl (C=O) groups is 1. The molecule has 2 aromatic carbocycles. The Bertz CT molecular complexity index is 812. The van der Waals surface area contributed by atoms with Crippen LogP contribution in [0.15, 0.2) is 54.6 Å². The smallest absolute Gasteiger partial charge is 0.242 e. The first-order chi connectivity index (χ1) is 10.8. The van der Waals surface area contributed by atoms with Crippen LogP contribution in [0.3, 0.4) is 0 Å². The van der Waals surface area contributed by atoms with Crippen LogP contribution in [0.25, 0.3) is 11.0 Å². The van der Waals surface area contributed by atoms with Crippen molar-refractivity contribution in [2.45, 2.75) is 24.9 Å². The number of benzene rings is 2. The van der Waals surface area contributed by atoms with E-state index >= 15 is 0 Å². The molecule has 2 atom stereocenters. The molecule has 1 aromatic heterocycles. The van der Waals surface area contributed by atoms with Gasteiger partial charge in [-0.1, -0.05) is 47.7 Å². The summed E-state index contributed by atoms with van der Waals surface area (Å²) in [5.74, 6) is 0.428. The highest BCUT2D eigenvalue weighted by molar-refractivity contribution is 5.80. The summed E-state index contributed by atoms with van der Waals surface area (Å²) in [5.41, 5.74) is 2.98. The van der Waals surface area contributed by atoms with Crippen molar-refractivity contribution in [1.82, 2.24) is 20.3 Å². The van der Waals surface area contributed by atoms with E-state index in [1.807, 2.05) is 42.5 Å². The van der Waals surface area contributed by atoms with Crippen LogP contribution in [-0.2, 0) is 11.3 Å². The predicted molar refractivity (Wildman–Crippen MR) is 83.3 cm³/mol. The van der Waals surface area contributed by atoms with E-state index in [9.17, 15) is 4.79 Å². The molecule has 4 rings (SSSR count). The number of nitrogens with zero attached hydrogens (tertiary/aromatic N) is 3. The Morgan fingerprint density at radius 1 is 1.14 bits per heavy atom. The van der Waals surface area contributed by atoms with Gasteiger partial charge in [0.2, 0.25) is 5.91 Å². The van der Waals surface area contributed by atoms with Crippen LogP contribution in [0.5, 0.6) is 0 Å². The summed E-state index contributed by atoms with van der Waals surface area (Å²) in [5, 5.41) is 11.2. The van der Waals surface area contributed by atoms with Gasteiger partial charge in [-0.15, -0.1) is 5.10 Å². The third kappa shape index (κ3) is 2.45. The maximum Gasteiger partial charge on any atom is 0.242 e. The summed E-state index contributed by atoms with van der Waals surface area (Å²) < 4.78 is 1.64. The first-order valence-corrected chi connectivity index (χ1v) is 7.44. The molecule has 0 aliphatic heterocycles. The molecule has 1 N–H and O–H groups in total. The minimum absolute atomic E-state index is 0.0147. The molecule has 0 bridgehead atoms. The maximum absolute atomic E-state index is 12.2. The fourth-order valence-corrected chi connectivity index (χ4v) is 2.85. The van der Waals surface area contributed by atoms with Gasteiger partial charge in [0.25, 0.3) is 0 Å². The normalized spacial score (nSPS) is 20.0. The number of nitrogens with one attached hydrogen (secondary N) is 1. The largest absolute Gasteiger partial charge is 0.351 e. The fourth-order valence-electron chi connectivity index (χ4n) is 2.85. The summed E-state index contributed by atoms with van der Waals surface area (Å²) in [7, 11) is 0. The summed E-state index contributed by atoms with van der Waals surface area (Å²) >= 11 is 0. The van der Waals surface area contributed by atoms with E-state index in [-0.39, 0.29) is 18.5 Å². The van der Waals surface area contributed by atoms with Crippen LogP contribution < -0.4 is 5.32 Å². The van der Waals surface area contributed by atoms with E-state index in [1.54, 1.807) is 4.68 Å². The topological polar surface area (TPSA) is 59.8 Å². The molecule has 0 radical (unpaired) electrons. The second kappa shape index (κ2) is 5.26. The first-order valence-electron chi connectivity index (χ1n) is 7.44. The summed E-state index contributed by atoms with van der Waals surface area (Å²) in [6.45, 7) is 0.207. The molecular formula is C17H16N4O. The lowest BCUT2D eigenvalue weighted by Crippen LogP contribution is -2.30. The van der Waals surface area contributed by atoms with Crippen molar-refractivity contribution >= 4 is 16.9 Å². The van der Waals surface area contributed by atoms with Gasteiger partial charge in [-0.25, -0.2) is 4.68 Å². The number of carbonyl (C=O) groups excluding carboxylic acids is 1. The molecule has 1 aliphatic rings. The molecule has 1 saturated carbocycles. The summed E-state index contributed by atoms with van der Waals surface area (Å²) in [6, 6.07) is 18.2. The Morgan fingerprint density at radius 3 is 2.77 bits per heavy atom. The molecule has 0 unspecified atom stereocenters. The molecule has 1 fully saturated rings. The Morgan fingerprint density at radius 2 is 1.91 bits per heavy atom. The molecule has 1 amide bonds. The van der Waals surface area contributed by atoms with Crippen LogP contribution in [0.4, 0.5) is 0 Å². The number of hydrogen-bond donors (Lipinski definition) is 1. The molecule has 5 nitrogen and oxygen atoms in total.